The predicted octanol–water partition coefficient (Wildman–Crippen LogP) is 4.15. The molecule has 5 nitrogen and oxygen atoms in total. The minimum Gasteiger partial charge on any atom is -0.443 e. The van der Waals surface area contributed by atoms with Gasteiger partial charge in [0.2, 0.25) is 0 Å². The first-order chi connectivity index (χ1) is 10.3. The third kappa shape index (κ3) is 6.08. The number of nitrogens with zero attached hydrogens (tertiary/aromatic N) is 2. The van der Waals surface area contributed by atoms with E-state index in [1.165, 1.54) is 11.1 Å². The van der Waals surface area contributed by atoms with Crippen LogP contribution in [0.1, 0.15) is 57.6 Å². The Balaban J connectivity index is 0.00000211. The van der Waals surface area contributed by atoms with Crippen LogP contribution < -0.4 is 0 Å². The van der Waals surface area contributed by atoms with Crippen molar-refractivity contribution in [1.82, 2.24) is 9.88 Å². The Morgan fingerprint density at radius 2 is 1.86 bits per heavy atom. The molecule has 1 amide bonds. The first-order valence-electron chi connectivity index (χ1n) is 7.33. The molecule has 1 rings (SSSR count). The molecule has 0 radical (unpaired) electrons. The lowest BCUT2D eigenvalue weighted by Gasteiger charge is -2.26. The fraction of sp³-hybridized carbons (Fsp3) is 0.471. The van der Waals surface area contributed by atoms with E-state index in [1.54, 1.807) is 25.3 Å². The summed E-state index contributed by atoms with van der Waals surface area (Å²) >= 11 is 0. The smallest absolute Gasteiger partial charge is 0.414 e. The maximum atomic E-state index is 12.0. The molecule has 0 aliphatic heterocycles. The van der Waals surface area contributed by atoms with Crippen LogP contribution in [-0.4, -0.2) is 34.9 Å². The van der Waals surface area contributed by atoms with Crippen molar-refractivity contribution < 1.29 is 14.3 Å². The molecule has 0 saturated carbocycles. The lowest BCUT2D eigenvalue weighted by Crippen LogP contribution is -2.33. The summed E-state index contributed by atoms with van der Waals surface area (Å²) in [5, 5.41) is 0. The molecule has 0 aromatic carbocycles. The maximum Gasteiger partial charge on any atom is 0.414 e. The van der Waals surface area contributed by atoms with Gasteiger partial charge in [-0.1, -0.05) is 19.9 Å². The fourth-order valence-corrected chi connectivity index (χ4v) is 1.57. The quantitative estimate of drug-likeness (QED) is 0.787. The van der Waals surface area contributed by atoms with Crippen LogP contribution in [0.4, 0.5) is 4.79 Å². The molecule has 0 N–H and O–H groups in total. The molecule has 122 valence electrons. The van der Waals surface area contributed by atoms with Crippen molar-refractivity contribution >= 4 is 18.1 Å². The second kappa shape index (κ2) is 8.97. The van der Waals surface area contributed by atoms with Crippen LogP contribution in [0.3, 0.4) is 0 Å². The summed E-state index contributed by atoms with van der Waals surface area (Å²) in [6.45, 7) is 11.2. The van der Waals surface area contributed by atoms with Gasteiger partial charge in [-0.05, 0) is 39.8 Å². The number of rotatable bonds is 3. The molecule has 0 aliphatic rings. The van der Waals surface area contributed by atoms with Gasteiger partial charge in [-0.3, -0.25) is 14.7 Å². The van der Waals surface area contributed by atoms with Gasteiger partial charge in [0, 0.05) is 18.8 Å². The number of hydrogen-bond donors (Lipinski definition) is 0. The van der Waals surface area contributed by atoms with E-state index in [0.717, 1.165) is 6.29 Å². The monoisotopic (exact) mass is 306 g/mol. The molecule has 1 aromatic rings. The topological polar surface area (TPSA) is 59.5 Å². The van der Waals surface area contributed by atoms with Crippen LogP contribution in [0.15, 0.2) is 24.4 Å². The first-order valence-corrected chi connectivity index (χ1v) is 7.33. The highest BCUT2D eigenvalue weighted by molar-refractivity contribution is 5.81. The molecule has 0 atom stereocenters. The largest absolute Gasteiger partial charge is 0.443 e. The second-order valence-electron chi connectivity index (χ2n) is 5.31. The summed E-state index contributed by atoms with van der Waals surface area (Å²) in [6.07, 6.45) is 3.51. The molecule has 1 heterocycles. The zero-order valence-corrected chi connectivity index (χ0v) is 14.5. The van der Waals surface area contributed by atoms with Crippen LogP contribution >= 0.6 is 0 Å². The Hall–Kier alpha value is -2.17. The maximum absolute atomic E-state index is 12.0. The number of ether oxygens (including phenoxy) is 1. The van der Waals surface area contributed by atoms with Crippen molar-refractivity contribution in [3.8, 4) is 0 Å². The van der Waals surface area contributed by atoms with Crippen LogP contribution in [-0.2, 0) is 4.74 Å². The normalized spacial score (nSPS) is 11.1. The number of amides is 1. The number of allylic oxidation sites excluding steroid dienone is 1. The van der Waals surface area contributed by atoms with Gasteiger partial charge in [0.05, 0.1) is 11.4 Å². The van der Waals surface area contributed by atoms with Crippen molar-refractivity contribution in [3.05, 3.63) is 35.7 Å². The zero-order valence-electron chi connectivity index (χ0n) is 14.5. The Morgan fingerprint density at radius 1 is 1.27 bits per heavy atom. The summed E-state index contributed by atoms with van der Waals surface area (Å²) in [4.78, 5) is 28.2. The van der Waals surface area contributed by atoms with E-state index >= 15 is 0 Å². The molecular weight excluding hydrogens is 280 g/mol. The summed E-state index contributed by atoms with van der Waals surface area (Å²) in [5.41, 5.74) is 1.16. The van der Waals surface area contributed by atoms with Gasteiger partial charge in [0.1, 0.15) is 5.60 Å². The lowest BCUT2D eigenvalue weighted by atomic mass is 10.2. The minimum atomic E-state index is -0.557. The van der Waals surface area contributed by atoms with E-state index in [2.05, 4.69) is 4.98 Å². The highest BCUT2D eigenvalue weighted by Gasteiger charge is 2.22. The van der Waals surface area contributed by atoms with Crippen LogP contribution in [0, 0.1) is 0 Å². The number of pyridine rings is 1. The van der Waals surface area contributed by atoms with Crippen LogP contribution in [0.25, 0.3) is 5.70 Å². The fourth-order valence-electron chi connectivity index (χ4n) is 1.57. The summed E-state index contributed by atoms with van der Waals surface area (Å²) < 4.78 is 5.31. The van der Waals surface area contributed by atoms with E-state index in [1.807, 2.05) is 41.5 Å². The van der Waals surface area contributed by atoms with E-state index in [-0.39, 0.29) is 0 Å². The van der Waals surface area contributed by atoms with Crippen LogP contribution in [0.5, 0.6) is 0 Å². The average molecular weight is 306 g/mol. The molecule has 5 heteroatoms. The third-order valence-corrected chi connectivity index (χ3v) is 2.49. The van der Waals surface area contributed by atoms with Crippen molar-refractivity contribution in [1.29, 1.82) is 0 Å². The van der Waals surface area contributed by atoms with E-state index in [4.69, 9.17) is 4.74 Å². The standard InChI is InChI=1S/C15H20N2O3.C2H6/c1-6-13(12-8-7-11(10-18)9-16-12)17(5)14(19)20-15(2,3)4;1-2/h6-10H,1-5H3;1-2H3/b13-6-;. The average Bonchev–Trinajstić information content (AvgIpc) is 2.49. The van der Waals surface area contributed by atoms with Gasteiger partial charge in [0.15, 0.2) is 6.29 Å². The van der Waals surface area contributed by atoms with E-state index in [0.29, 0.717) is 17.0 Å². The van der Waals surface area contributed by atoms with Crippen molar-refractivity contribution in [2.45, 2.75) is 47.1 Å². The Labute approximate surface area is 133 Å². The Kier molecular flexibility index (Phi) is 8.09. The SMILES string of the molecule is C/C=C(/c1ccc(C=O)cn1)N(C)C(=O)OC(C)(C)C.CC. The molecule has 0 saturated heterocycles. The number of aromatic nitrogens is 1. The van der Waals surface area contributed by atoms with Gasteiger partial charge >= 0.3 is 6.09 Å². The molecule has 0 fully saturated rings. The van der Waals surface area contributed by atoms with Gasteiger partial charge in [0.25, 0.3) is 0 Å². The van der Waals surface area contributed by atoms with E-state index < -0.39 is 11.7 Å². The molecule has 1 aromatic heterocycles. The zero-order chi connectivity index (χ0) is 17.3. The predicted molar refractivity (Wildman–Crippen MR) is 88.6 cm³/mol. The molecule has 0 unspecified atom stereocenters. The number of carbonyl (C=O) groups is 2. The van der Waals surface area contributed by atoms with Crippen molar-refractivity contribution in [2.24, 2.45) is 0 Å². The molecule has 0 spiro atoms. The summed E-state index contributed by atoms with van der Waals surface area (Å²) in [5.74, 6) is 0. The summed E-state index contributed by atoms with van der Waals surface area (Å²) in [7, 11) is 1.62. The van der Waals surface area contributed by atoms with E-state index in [9.17, 15) is 9.59 Å². The molecule has 22 heavy (non-hydrogen) atoms. The van der Waals surface area contributed by atoms with Crippen LogP contribution in [0.2, 0.25) is 0 Å². The minimum absolute atomic E-state index is 0.452. The third-order valence-electron chi connectivity index (χ3n) is 2.49. The molecule has 0 bridgehead atoms. The lowest BCUT2D eigenvalue weighted by molar-refractivity contribution is 0.0387. The summed E-state index contributed by atoms with van der Waals surface area (Å²) in [6, 6.07) is 3.35. The van der Waals surface area contributed by atoms with Gasteiger partial charge in [-0.15, -0.1) is 0 Å². The molecular formula is C17H26N2O3. The highest BCUT2D eigenvalue weighted by Crippen LogP contribution is 2.19. The number of carbonyl (C=O) groups excluding carboxylic acids is 2. The number of aldehydes is 1. The van der Waals surface area contributed by atoms with Gasteiger partial charge in [-0.2, -0.15) is 0 Å². The highest BCUT2D eigenvalue weighted by atomic mass is 16.6. The Morgan fingerprint density at radius 3 is 2.23 bits per heavy atom. The first kappa shape index (κ1) is 19.8. The van der Waals surface area contributed by atoms with Gasteiger partial charge < -0.3 is 4.74 Å². The van der Waals surface area contributed by atoms with Gasteiger partial charge in [-0.25, -0.2) is 4.79 Å². The van der Waals surface area contributed by atoms with Crippen molar-refractivity contribution in [2.75, 3.05) is 7.05 Å². The second-order valence-corrected chi connectivity index (χ2v) is 5.31. The Bertz CT molecular complexity index is 514. The number of hydrogen-bond acceptors (Lipinski definition) is 4. The molecule has 0 aliphatic carbocycles. The van der Waals surface area contributed by atoms with Crippen molar-refractivity contribution in [3.63, 3.8) is 0 Å².